The lowest BCUT2D eigenvalue weighted by atomic mass is 9.90. The van der Waals surface area contributed by atoms with Gasteiger partial charge in [0.05, 0.1) is 18.9 Å². The first kappa shape index (κ1) is 13.0. The Labute approximate surface area is 95.4 Å². The van der Waals surface area contributed by atoms with E-state index in [1.54, 1.807) is 12.0 Å². The summed E-state index contributed by atoms with van der Waals surface area (Å²) in [6, 6.07) is 0. The Kier molecular flexibility index (Phi) is 4.73. The highest BCUT2D eigenvalue weighted by Crippen LogP contribution is 2.22. The second-order valence-corrected chi connectivity index (χ2v) is 4.42. The smallest absolute Gasteiger partial charge is 0.308 e. The van der Waals surface area contributed by atoms with E-state index in [1.807, 2.05) is 6.92 Å². The minimum absolute atomic E-state index is 0.0142. The second-order valence-electron chi connectivity index (χ2n) is 4.42. The number of carbonyl (C=O) groups excluding carboxylic acids is 1. The van der Waals surface area contributed by atoms with Crippen LogP contribution in [0.4, 0.5) is 0 Å². The minimum Gasteiger partial charge on any atom is -0.481 e. The van der Waals surface area contributed by atoms with Crippen LogP contribution in [-0.2, 0) is 14.3 Å². The normalized spacial score (nSPS) is 25.5. The molecule has 16 heavy (non-hydrogen) atoms. The van der Waals surface area contributed by atoms with Gasteiger partial charge in [0.15, 0.2) is 0 Å². The predicted molar refractivity (Wildman–Crippen MR) is 58.0 cm³/mol. The number of methoxy groups -OCH3 is 1. The third-order valence-corrected chi connectivity index (χ3v) is 2.88. The average molecular weight is 229 g/mol. The number of rotatable bonds is 4. The van der Waals surface area contributed by atoms with Crippen molar-refractivity contribution in [2.45, 2.75) is 19.8 Å². The molecule has 0 saturated carbocycles. The molecule has 1 rings (SSSR count). The minimum atomic E-state index is -0.809. The van der Waals surface area contributed by atoms with Crippen molar-refractivity contribution >= 4 is 11.9 Å². The van der Waals surface area contributed by atoms with Crippen molar-refractivity contribution in [2.24, 2.45) is 11.8 Å². The third kappa shape index (κ3) is 3.48. The molecule has 0 spiro atoms. The van der Waals surface area contributed by atoms with Crippen molar-refractivity contribution in [3.63, 3.8) is 0 Å². The van der Waals surface area contributed by atoms with Gasteiger partial charge in [-0.1, -0.05) is 6.92 Å². The molecule has 0 bridgehead atoms. The van der Waals surface area contributed by atoms with Crippen LogP contribution in [-0.4, -0.2) is 48.7 Å². The molecule has 1 amide bonds. The van der Waals surface area contributed by atoms with E-state index >= 15 is 0 Å². The van der Waals surface area contributed by atoms with Crippen molar-refractivity contribution in [3.8, 4) is 0 Å². The van der Waals surface area contributed by atoms with Crippen LogP contribution in [0.25, 0.3) is 0 Å². The van der Waals surface area contributed by atoms with E-state index in [4.69, 9.17) is 9.84 Å². The number of carboxylic acid groups (broad SMARTS) is 1. The van der Waals surface area contributed by atoms with Crippen molar-refractivity contribution in [1.29, 1.82) is 0 Å². The summed E-state index contributed by atoms with van der Waals surface area (Å²) in [6.07, 6.45) is 0.985. The fourth-order valence-corrected chi connectivity index (χ4v) is 2.08. The van der Waals surface area contributed by atoms with Crippen LogP contribution in [0, 0.1) is 11.8 Å². The molecule has 0 aliphatic carbocycles. The van der Waals surface area contributed by atoms with Gasteiger partial charge in [-0.05, 0) is 12.3 Å². The molecule has 1 saturated heterocycles. The first-order chi connectivity index (χ1) is 7.54. The molecular weight excluding hydrogens is 210 g/mol. The molecule has 0 aromatic heterocycles. The Balaban J connectivity index is 2.53. The summed E-state index contributed by atoms with van der Waals surface area (Å²) in [5, 5.41) is 8.97. The molecule has 1 aliphatic rings. The molecular formula is C11H19NO4. The molecule has 0 aromatic carbocycles. The molecule has 0 aromatic rings. The Morgan fingerprint density at radius 1 is 1.44 bits per heavy atom. The summed E-state index contributed by atoms with van der Waals surface area (Å²) in [6.45, 7) is 3.36. The summed E-state index contributed by atoms with van der Waals surface area (Å²) in [4.78, 5) is 24.3. The Hall–Kier alpha value is -1.10. The molecule has 1 heterocycles. The van der Waals surface area contributed by atoms with E-state index < -0.39 is 11.9 Å². The van der Waals surface area contributed by atoms with Crippen molar-refractivity contribution in [1.82, 2.24) is 4.90 Å². The Morgan fingerprint density at radius 3 is 2.69 bits per heavy atom. The molecule has 1 aliphatic heterocycles. The van der Waals surface area contributed by atoms with Crippen LogP contribution in [0.2, 0.25) is 0 Å². The van der Waals surface area contributed by atoms with Gasteiger partial charge in [0.25, 0.3) is 0 Å². The fraction of sp³-hybridized carbons (Fsp3) is 0.818. The maximum Gasteiger partial charge on any atom is 0.308 e. The lowest BCUT2D eigenvalue weighted by Crippen LogP contribution is -2.45. The molecule has 92 valence electrons. The van der Waals surface area contributed by atoms with E-state index in [0.29, 0.717) is 32.5 Å². The fourth-order valence-electron chi connectivity index (χ4n) is 2.08. The number of aliphatic carboxylic acids is 1. The van der Waals surface area contributed by atoms with Crippen molar-refractivity contribution in [2.75, 3.05) is 26.8 Å². The van der Waals surface area contributed by atoms with Gasteiger partial charge in [0, 0.05) is 20.2 Å². The van der Waals surface area contributed by atoms with E-state index in [2.05, 4.69) is 0 Å². The van der Waals surface area contributed by atoms with E-state index in [9.17, 15) is 9.59 Å². The van der Waals surface area contributed by atoms with Crippen molar-refractivity contribution < 1.29 is 19.4 Å². The molecule has 0 radical (unpaired) electrons. The molecule has 2 atom stereocenters. The number of hydrogen-bond acceptors (Lipinski definition) is 3. The zero-order valence-corrected chi connectivity index (χ0v) is 9.81. The maximum atomic E-state index is 11.7. The highest BCUT2D eigenvalue weighted by Gasteiger charge is 2.31. The molecule has 1 N–H and O–H groups in total. The van der Waals surface area contributed by atoms with Gasteiger partial charge >= 0.3 is 5.97 Å². The number of piperidine rings is 1. The molecule has 1 fully saturated rings. The zero-order valence-electron chi connectivity index (χ0n) is 9.81. The van der Waals surface area contributed by atoms with E-state index in [-0.39, 0.29) is 11.8 Å². The van der Waals surface area contributed by atoms with Gasteiger partial charge in [-0.15, -0.1) is 0 Å². The average Bonchev–Trinajstić information content (AvgIpc) is 2.24. The van der Waals surface area contributed by atoms with Crippen LogP contribution in [0.5, 0.6) is 0 Å². The van der Waals surface area contributed by atoms with Gasteiger partial charge in [0.2, 0.25) is 5.91 Å². The van der Waals surface area contributed by atoms with Gasteiger partial charge in [-0.3, -0.25) is 9.59 Å². The van der Waals surface area contributed by atoms with Crippen LogP contribution >= 0.6 is 0 Å². The van der Waals surface area contributed by atoms with Crippen LogP contribution in [0.15, 0.2) is 0 Å². The number of nitrogens with zero attached hydrogens (tertiary/aromatic N) is 1. The third-order valence-electron chi connectivity index (χ3n) is 2.88. The molecule has 5 nitrogen and oxygen atoms in total. The van der Waals surface area contributed by atoms with Gasteiger partial charge < -0.3 is 14.7 Å². The topological polar surface area (TPSA) is 66.8 Å². The lowest BCUT2D eigenvalue weighted by molar-refractivity contribution is -0.147. The predicted octanol–water partition coefficient (Wildman–Crippen LogP) is 0.592. The number of carboxylic acids is 1. The first-order valence-electron chi connectivity index (χ1n) is 5.54. The van der Waals surface area contributed by atoms with Crippen LogP contribution < -0.4 is 0 Å². The van der Waals surface area contributed by atoms with Crippen LogP contribution in [0.3, 0.4) is 0 Å². The largest absolute Gasteiger partial charge is 0.481 e. The van der Waals surface area contributed by atoms with Gasteiger partial charge in [-0.25, -0.2) is 0 Å². The monoisotopic (exact) mass is 229 g/mol. The van der Waals surface area contributed by atoms with E-state index in [0.717, 1.165) is 0 Å². The molecule has 5 heteroatoms. The standard InChI is InChI=1S/C11H19NO4/c1-8-5-9(11(14)15)7-12(6-8)10(13)3-4-16-2/h8-9H,3-7H2,1-2H3,(H,14,15). The lowest BCUT2D eigenvalue weighted by Gasteiger charge is -2.34. The number of ether oxygens (including phenoxy) is 1. The summed E-state index contributed by atoms with van der Waals surface area (Å²) in [7, 11) is 1.55. The first-order valence-corrected chi connectivity index (χ1v) is 5.54. The summed E-state index contributed by atoms with van der Waals surface area (Å²) >= 11 is 0. The van der Waals surface area contributed by atoms with Crippen LogP contribution in [0.1, 0.15) is 19.8 Å². The summed E-state index contributed by atoms with van der Waals surface area (Å²) in [5.74, 6) is -0.993. The maximum absolute atomic E-state index is 11.7. The Morgan fingerprint density at radius 2 is 2.12 bits per heavy atom. The second kappa shape index (κ2) is 5.84. The van der Waals surface area contributed by atoms with Gasteiger partial charge in [0.1, 0.15) is 0 Å². The summed E-state index contributed by atoms with van der Waals surface area (Å²) < 4.78 is 4.84. The number of likely N-dealkylation sites (tertiary alicyclic amines) is 1. The Bertz CT molecular complexity index is 267. The number of amides is 1. The highest BCUT2D eigenvalue weighted by atomic mass is 16.5. The van der Waals surface area contributed by atoms with Gasteiger partial charge in [-0.2, -0.15) is 0 Å². The number of carbonyl (C=O) groups is 2. The van der Waals surface area contributed by atoms with E-state index in [1.165, 1.54) is 0 Å². The number of hydrogen-bond donors (Lipinski definition) is 1. The SMILES string of the molecule is COCCC(=O)N1CC(C)CC(C(=O)O)C1. The molecule has 2 unspecified atom stereocenters. The van der Waals surface area contributed by atoms with Crippen molar-refractivity contribution in [3.05, 3.63) is 0 Å². The summed E-state index contributed by atoms with van der Waals surface area (Å²) in [5.41, 5.74) is 0. The zero-order chi connectivity index (χ0) is 12.1. The quantitative estimate of drug-likeness (QED) is 0.766. The highest BCUT2D eigenvalue weighted by molar-refractivity contribution is 5.78.